The van der Waals surface area contributed by atoms with Crippen LogP contribution in [0.1, 0.15) is 29.5 Å². The van der Waals surface area contributed by atoms with Gasteiger partial charge in [0.05, 0.1) is 18.4 Å². The number of rotatable bonds is 4. The Bertz CT molecular complexity index is 677. The minimum Gasteiger partial charge on any atom is -0.465 e. The van der Waals surface area contributed by atoms with E-state index in [9.17, 15) is 9.18 Å². The molecule has 2 aromatic rings. The molecule has 0 fully saturated rings. The van der Waals surface area contributed by atoms with E-state index >= 15 is 0 Å². The van der Waals surface area contributed by atoms with E-state index in [0.717, 1.165) is 12.5 Å². The summed E-state index contributed by atoms with van der Waals surface area (Å²) in [6.45, 7) is 2.00. The minimum absolute atomic E-state index is 0.124. The van der Waals surface area contributed by atoms with E-state index in [1.54, 1.807) is 0 Å². The molecule has 0 spiro atoms. The molecule has 0 bridgehead atoms. The van der Waals surface area contributed by atoms with Crippen molar-refractivity contribution in [1.29, 1.82) is 0 Å². The Balaban J connectivity index is 2.50. The number of ether oxygens (including phenoxy) is 1. The van der Waals surface area contributed by atoms with E-state index < -0.39 is 11.8 Å². The predicted octanol–water partition coefficient (Wildman–Crippen LogP) is 3.68. The maximum Gasteiger partial charge on any atom is 0.337 e. The zero-order valence-corrected chi connectivity index (χ0v) is 12.4. The summed E-state index contributed by atoms with van der Waals surface area (Å²) >= 11 is 5.97. The summed E-state index contributed by atoms with van der Waals surface area (Å²) in [6.07, 6.45) is 1.54. The van der Waals surface area contributed by atoms with Crippen LogP contribution < -0.4 is 0 Å². The Kier molecular flexibility index (Phi) is 4.85. The summed E-state index contributed by atoms with van der Waals surface area (Å²) in [7, 11) is 1.24. The third kappa shape index (κ3) is 3.76. The second-order valence-corrected chi connectivity index (χ2v) is 4.85. The van der Waals surface area contributed by atoms with Crippen LogP contribution in [0.4, 0.5) is 4.39 Å². The number of esters is 1. The molecule has 2 rings (SSSR count). The van der Waals surface area contributed by atoms with Gasteiger partial charge in [-0.1, -0.05) is 18.5 Å². The Hall–Kier alpha value is -2.01. The number of nitrogens with zero attached hydrogens (tertiary/aromatic N) is 2. The first-order chi connectivity index (χ1) is 10.0. The van der Waals surface area contributed by atoms with Crippen LogP contribution in [0, 0.1) is 5.82 Å². The number of carbonyl (C=O) groups is 1. The lowest BCUT2D eigenvalue weighted by atomic mass is 10.1. The Morgan fingerprint density at radius 2 is 2.05 bits per heavy atom. The van der Waals surface area contributed by atoms with Crippen molar-refractivity contribution in [1.82, 2.24) is 9.97 Å². The topological polar surface area (TPSA) is 52.1 Å². The number of hydrogen-bond acceptors (Lipinski definition) is 4. The van der Waals surface area contributed by atoms with Crippen molar-refractivity contribution >= 4 is 17.6 Å². The van der Waals surface area contributed by atoms with Gasteiger partial charge in [0.1, 0.15) is 16.8 Å². The molecule has 1 heterocycles. The number of aromatic nitrogens is 2. The van der Waals surface area contributed by atoms with Crippen LogP contribution in [0.5, 0.6) is 0 Å². The molecular formula is C15H14ClFN2O2. The number of benzene rings is 1. The number of aryl methyl sites for hydroxylation is 1. The molecule has 0 aliphatic heterocycles. The van der Waals surface area contributed by atoms with Crippen LogP contribution in [0.2, 0.25) is 5.15 Å². The molecule has 0 aliphatic rings. The average molecular weight is 309 g/mol. The largest absolute Gasteiger partial charge is 0.465 e. The fourth-order valence-corrected chi connectivity index (χ4v) is 2.12. The Morgan fingerprint density at radius 1 is 1.29 bits per heavy atom. The number of hydrogen-bond donors (Lipinski definition) is 0. The SMILES string of the molecule is CCCc1nc(Cl)cc(-c2cc(F)cc(C(=O)OC)c2)n1. The quantitative estimate of drug-likeness (QED) is 0.638. The standard InChI is InChI=1S/C15H14ClFN2O2/c1-3-4-14-18-12(8-13(16)19-14)9-5-10(15(20)21-2)7-11(17)6-9/h5-8H,3-4H2,1-2H3. The summed E-state index contributed by atoms with van der Waals surface area (Å²) in [5, 5.41) is 0.285. The van der Waals surface area contributed by atoms with E-state index in [1.807, 2.05) is 6.92 Å². The molecular weight excluding hydrogens is 295 g/mol. The van der Waals surface area contributed by atoms with E-state index in [4.69, 9.17) is 11.6 Å². The molecule has 0 aliphatic carbocycles. The zero-order chi connectivity index (χ0) is 15.4. The Morgan fingerprint density at radius 3 is 2.71 bits per heavy atom. The van der Waals surface area contributed by atoms with Crippen molar-refractivity contribution in [3.63, 3.8) is 0 Å². The molecule has 6 heteroatoms. The summed E-state index contributed by atoms with van der Waals surface area (Å²) in [5.74, 6) is -0.562. The van der Waals surface area contributed by atoms with Crippen LogP contribution in [-0.4, -0.2) is 23.0 Å². The van der Waals surface area contributed by atoms with Crippen LogP contribution in [-0.2, 0) is 11.2 Å². The molecule has 110 valence electrons. The molecule has 0 N–H and O–H groups in total. The van der Waals surface area contributed by atoms with E-state index in [1.165, 1.54) is 25.3 Å². The molecule has 21 heavy (non-hydrogen) atoms. The molecule has 0 radical (unpaired) electrons. The lowest BCUT2D eigenvalue weighted by Crippen LogP contribution is -2.03. The third-order valence-electron chi connectivity index (χ3n) is 2.83. The highest BCUT2D eigenvalue weighted by atomic mass is 35.5. The van der Waals surface area contributed by atoms with Gasteiger partial charge in [-0.3, -0.25) is 0 Å². The lowest BCUT2D eigenvalue weighted by molar-refractivity contribution is 0.0600. The van der Waals surface area contributed by atoms with Gasteiger partial charge in [-0.25, -0.2) is 19.2 Å². The Labute approximate surface area is 126 Å². The van der Waals surface area contributed by atoms with Crippen molar-refractivity contribution in [3.05, 3.63) is 46.6 Å². The molecule has 1 aromatic carbocycles. The second kappa shape index (κ2) is 6.63. The van der Waals surface area contributed by atoms with Crippen LogP contribution >= 0.6 is 11.6 Å². The van der Waals surface area contributed by atoms with Gasteiger partial charge in [0.25, 0.3) is 0 Å². The second-order valence-electron chi connectivity index (χ2n) is 4.46. The first-order valence-corrected chi connectivity index (χ1v) is 6.84. The highest BCUT2D eigenvalue weighted by Gasteiger charge is 2.12. The fraction of sp³-hybridized carbons (Fsp3) is 0.267. The monoisotopic (exact) mass is 308 g/mol. The highest BCUT2D eigenvalue weighted by molar-refractivity contribution is 6.29. The van der Waals surface area contributed by atoms with Gasteiger partial charge in [-0.05, 0) is 24.6 Å². The van der Waals surface area contributed by atoms with Gasteiger partial charge in [-0.2, -0.15) is 0 Å². The van der Waals surface area contributed by atoms with Gasteiger partial charge in [0.15, 0.2) is 0 Å². The summed E-state index contributed by atoms with van der Waals surface area (Å²) in [4.78, 5) is 20.0. The first kappa shape index (κ1) is 15.4. The summed E-state index contributed by atoms with van der Waals surface area (Å²) < 4.78 is 18.3. The normalized spacial score (nSPS) is 10.5. The van der Waals surface area contributed by atoms with Gasteiger partial charge in [0.2, 0.25) is 0 Å². The zero-order valence-electron chi connectivity index (χ0n) is 11.7. The molecule has 0 amide bonds. The van der Waals surface area contributed by atoms with Crippen LogP contribution in [0.25, 0.3) is 11.3 Å². The van der Waals surface area contributed by atoms with Crippen molar-refractivity contribution in [2.45, 2.75) is 19.8 Å². The first-order valence-electron chi connectivity index (χ1n) is 6.46. The predicted molar refractivity (Wildman–Crippen MR) is 77.8 cm³/mol. The maximum atomic E-state index is 13.7. The maximum absolute atomic E-state index is 13.7. The molecule has 1 aromatic heterocycles. The molecule has 0 saturated carbocycles. The highest BCUT2D eigenvalue weighted by Crippen LogP contribution is 2.23. The summed E-state index contributed by atoms with van der Waals surface area (Å²) in [5.41, 5.74) is 1.06. The van der Waals surface area contributed by atoms with E-state index in [2.05, 4.69) is 14.7 Å². The molecule has 0 saturated heterocycles. The molecule has 0 atom stereocenters. The van der Waals surface area contributed by atoms with Gasteiger partial charge in [-0.15, -0.1) is 0 Å². The summed E-state index contributed by atoms with van der Waals surface area (Å²) in [6, 6.07) is 5.46. The third-order valence-corrected chi connectivity index (χ3v) is 3.02. The fourth-order valence-electron chi connectivity index (χ4n) is 1.92. The van der Waals surface area contributed by atoms with Crippen molar-refractivity contribution in [2.24, 2.45) is 0 Å². The van der Waals surface area contributed by atoms with E-state index in [0.29, 0.717) is 23.5 Å². The van der Waals surface area contributed by atoms with Crippen molar-refractivity contribution < 1.29 is 13.9 Å². The van der Waals surface area contributed by atoms with Gasteiger partial charge >= 0.3 is 5.97 Å². The number of halogens is 2. The van der Waals surface area contributed by atoms with Crippen molar-refractivity contribution in [3.8, 4) is 11.3 Å². The molecule has 4 nitrogen and oxygen atoms in total. The average Bonchev–Trinajstić information content (AvgIpc) is 2.45. The smallest absolute Gasteiger partial charge is 0.337 e. The number of carbonyl (C=O) groups excluding carboxylic acids is 1. The lowest BCUT2D eigenvalue weighted by Gasteiger charge is -2.07. The van der Waals surface area contributed by atoms with Crippen LogP contribution in [0.3, 0.4) is 0 Å². The van der Waals surface area contributed by atoms with Crippen LogP contribution in [0.15, 0.2) is 24.3 Å². The number of methoxy groups -OCH3 is 1. The van der Waals surface area contributed by atoms with Crippen molar-refractivity contribution in [2.75, 3.05) is 7.11 Å². The van der Waals surface area contributed by atoms with Gasteiger partial charge < -0.3 is 4.74 Å². The molecule has 0 unspecified atom stereocenters. The minimum atomic E-state index is -0.607. The van der Waals surface area contributed by atoms with E-state index in [-0.39, 0.29) is 10.7 Å². The van der Waals surface area contributed by atoms with Gasteiger partial charge in [0, 0.05) is 18.1 Å².